The predicted molar refractivity (Wildman–Crippen MR) is 125 cm³/mol. The summed E-state index contributed by atoms with van der Waals surface area (Å²) in [5.74, 6) is 0.195. The number of para-hydroxylation sites is 1. The predicted octanol–water partition coefficient (Wildman–Crippen LogP) is 4.09. The van der Waals surface area contributed by atoms with E-state index in [1.165, 1.54) is 7.11 Å². The second-order valence-corrected chi connectivity index (χ2v) is 7.34. The maximum absolute atomic E-state index is 12.4. The average molecular weight is 439 g/mol. The van der Waals surface area contributed by atoms with E-state index in [0.29, 0.717) is 16.9 Å². The highest BCUT2D eigenvalue weighted by Gasteiger charge is 2.18. The van der Waals surface area contributed by atoms with Crippen LogP contribution < -0.4 is 5.32 Å². The Kier molecular flexibility index (Phi) is 5.27. The Labute approximate surface area is 189 Å². The molecule has 9 heteroatoms. The van der Waals surface area contributed by atoms with Crippen LogP contribution in [-0.4, -0.2) is 49.8 Å². The molecular formula is C24H21N7O2. The van der Waals surface area contributed by atoms with Gasteiger partial charge in [0.05, 0.1) is 23.7 Å². The van der Waals surface area contributed by atoms with E-state index in [1.54, 1.807) is 18.5 Å². The quantitative estimate of drug-likeness (QED) is 0.383. The largest absolute Gasteiger partial charge is 0.465 e. The number of nitrogens with zero attached hydrogens (tertiary/aromatic N) is 5. The van der Waals surface area contributed by atoms with Crippen LogP contribution in [-0.2, 0) is 4.74 Å². The Balaban J connectivity index is 1.68. The number of rotatable bonds is 6. The highest BCUT2D eigenvalue weighted by Crippen LogP contribution is 2.36. The second-order valence-electron chi connectivity index (χ2n) is 7.34. The monoisotopic (exact) mass is 439 g/mol. The van der Waals surface area contributed by atoms with Crippen LogP contribution in [0.5, 0.6) is 0 Å². The number of methoxy groups -OCH3 is 1. The molecule has 2 heterocycles. The van der Waals surface area contributed by atoms with Gasteiger partial charge in [0, 0.05) is 29.0 Å². The van der Waals surface area contributed by atoms with Gasteiger partial charge in [-0.25, -0.2) is 14.9 Å². The number of benzene rings is 3. The molecule has 0 amide bonds. The van der Waals surface area contributed by atoms with Gasteiger partial charge < -0.3 is 10.1 Å². The topological polar surface area (TPSA) is 111 Å². The number of hydrogen-bond donors (Lipinski definition) is 2. The molecular weight excluding hydrogens is 418 g/mol. The Morgan fingerprint density at radius 3 is 2.67 bits per heavy atom. The van der Waals surface area contributed by atoms with Crippen molar-refractivity contribution in [1.82, 2.24) is 30.2 Å². The number of H-pyrrole nitrogens is 1. The zero-order valence-electron chi connectivity index (χ0n) is 18.1. The SMILES string of the molecule is CCNc1cc(-n2cnc3cccc(C(=O)OC)c32)ccc1-c1ccccc1-c1nnn[nH]1. The number of imidazole rings is 1. The van der Waals surface area contributed by atoms with Crippen LogP contribution in [0.1, 0.15) is 17.3 Å². The van der Waals surface area contributed by atoms with Gasteiger partial charge in [0.25, 0.3) is 0 Å². The van der Waals surface area contributed by atoms with Crippen molar-refractivity contribution in [3.63, 3.8) is 0 Å². The molecule has 0 atom stereocenters. The van der Waals surface area contributed by atoms with Crippen molar-refractivity contribution < 1.29 is 9.53 Å². The molecule has 5 aromatic rings. The number of hydrogen-bond acceptors (Lipinski definition) is 7. The van der Waals surface area contributed by atoms with Crippen LogP contribution in [0.2, 0.25) is 0 Å². The van der Waals surface area contributed by atoms with E-state index in [1.807, 2.05) is 60.0 Å². The van der Waals surface area contributed by atoms with Gasteiger partial charge in [0.15, 0.2) is 5.82 Å². The number of aromatic nitrogens is 6. The van der Waals surface area contributed by atoms with E-state index in [0.717, 1.165) is 40.1 Å². The molecule has 5 rings (SSSR count). The average Bonchev–Trinajstić information content (AvgIpc) is 3.54. The first kappa shape index (κ1) is 20.4. The molecule has 0 radical (unpaired) electrons. The molecule has 33 heavy (non-hydrogen) atoms. The van der Waals surface area contributed by atoms with Gasteiger partial charge in [0.1, 0.15) is 6.33 Å². The van der Waals surface area contributed by atoms with E-state index in [2.05, 4.69) is 30.9 Å². The van der Waals surface area contributed by atoms with Crippen molar-refractivity contribution in [2.24, 2.45) is 0 Å². The van der Waals surface area contributed by atoms with Crippen LogP contribution in [0.3, 0.4) is 0 Å². The van der Waals surface area contributed by atoms with Crippen LogP contribution >= 0.6 is 0 Å². The zero-order chi connectivity index (χ0) is 22.8. The standard InChI is InChI=1S/C24H21N7O2/c1-3-25-21-13-15(31-14-26-20-10-6-9-19(22(20)31)24(32)33-2)11-12-17(21)16-7-4-5-8-18(16)23-27-29-30-28-23/h4-14,25H,3H2,1-2H3,(H,27,28,29,30). The molecule has 0 saturated heterocycles. The van der Waals surface area contributed by atoms with Crippen molar-refractivity contribution >= 4 is 22.7 Å². The molecule has 0 aliphatic heterocycles. The lowest BCUT2D eigenvalue weighted by Gasteiger charge is -2.16. The molecule has 0 bridgehead atoms. The fourth-order valence-corrected chi connectivity index (χ4v) is 3.99. The first-order chi connectivity index (χ1) is 16.2. The third-order valence-corrected chi connectivity index (χ3v) is 5.44. The Hall–Kier alpha value is -4.53. The van der Waals surface area contributed by atoms with Gasteiger partial charge in [-0.05, 0) is 47.2 Å². The molecule has 0 aliphatic carbocycles. The van der Waals surface area contributed by atoms with E-state index in [9.17, 15) is 4.79 Å². The maximum Gasteiger partial charge on any atom is 0.340 e. The lowest BCUT2D eigenvalue weighted by molar-refractivity contribution is 0.0602. The van der Waals surface area contributed by atoms with E-state index >= 15 is 0 Å². The Bertz CT molecular complexity index is 1440. The molecule has 0 aliphatic rings. The molecule has 2 aromatic heterocycles. The number of tetrazole rings is 1. The summed E-state index contributed by atoms with van der Waals surface area (Å²) in [7, 11) is 1.38. The molecule has 0 spiro atoms. The van der Waals surface area contributed by atoms with E-state index < -0.39 is 5.97 Å². The van der Waals surface area contributed by atoms with Gasteiger partial charge in [-0.2, -0.15) is 0 Å². The molecule has 9 nitrogen and oxygen atoms in total. The minimum Gasteiger partial charge on any atom is -0.465 e. The summed E-state index contributed by atoms with van der Waals surface area (Å²) in [6, 6.07) is 19.5. The lowest BCUT2D eigenvalue weighted by Crippen LogP contribution is -2.06. The first-order valence-electron chi connectivity index (χ1n) is 10.5. The number of fused-ring (bicyclic) bond motifs is 1. The summed E-state index contributed by atoms with van der Waals surface area (Å²) in [4.78, 5) is 16.9. The summed E-state index contributed by atoms with van der Waals surface area (Å²) in [6.45, 7) is 2.78. The summed E-state index contributed by atoms with van der Waals surface area (Å²) in [6.07, 6.45) is 1.72. The number of carbonyl (C=O) groups excluding carboxylic acids is 1. The molecule has 3 aromatic carbocycles. The molecule has 0 unspecified atom stereocenters. The van der Waals surface area contributed by atoms with Crippen molar-refractivity contribution in [2.75, 3.05) is 19.0 Å². The summed E-state index contributed by atoms with van der Waals surface area (Å²) < 4.78 is 6.88. The van der Waals surface area contributed by atoms with Crippen LogP contribution in [0, 0.1) is 0 Å². The van der Waals surface area contributed by atoms with Gasteiger partial charge in [0.2, 0.25) is 0 Å². The zero-order valence-corrected chi connectivity index (χ0v) is 18.1. The van der Waals surface area contributed by atoms with Crippen molar-refractivity contribution in [2.45, 2.75) is 6.92 Å². The minimum absolute atomic E-state index is 0.402. The third kappa shape index (κ3) is 3.59. The van der Waals surface area contributed by atoms with Crippen molar-refractivity contribution in [3.8, 4) is 28.2 Å². The first-order valence-corrected chi connectivity index (χ1v) is 10.5. The number of nitrogens with one attached hydrogen (secondary N) is 2. The second kappa shape index (κ2) is 8.54. The van der Waals surface area contributed by atoms with Crippen LogP contribution in [0.15, 0.2) is 67.0 Å². The molecule has 0 fully saturated rings. The number of anilines is 1. The summed E-state index contributed by atoms with van der Waals surface area (Å²) in [5, 5.41) is 17.8. The molecule has 164 valence electrons. The highest BCUT2D eigenvalue weighted by molar-refractivity contribution is 6.02. The summed E-state index contributed by atoms with van der Waals surface area (Å²) in [5.41, 5.74) is 6.58. The van der Waals surface area contributed by atoms with Gasteiger partial charge in [-0.1, -0.05) is 36.4 Å². The van der Waals surface area contributed by atoms with Crippen molar-refractivity contribution in [1.29, 1.82) is 0 Å². The third-order valence-electron chi connectivity index (χ3n) is 5.44. The molecule has 2 N–H and O–H groups in total. The normalized spacial score (nSPS) is 11.0. The maximum atomic E-state index is 12.4. The van der Waals surface area contributed by atoms with E-state index in [4.69, 9.17) is 4.74 Å². The van der Waals surface area contributed by atoms with Crippen LogP contribution in [0.25, 0.3) is 39.2 Å². The number of carbonyl (C=O) groups is 1. The van der Waals surface area contributed by atoms with E-state index in [-0.39, 0.29) is 0 Å². The smallest absolute Gasteiger partial charge is 0.340 e. The van der Waals surface area contributed by atoms with Gasteiger partial charge in [-0.3, -0.25) is 4.57 Å². The fourth-order valence-electron chi connectivity index (χ4n) is 3.99. The van der Waals surface area contributed by atoms with Gasteiger partial charge >= 0.3 is 5.97 Å². The molecule has 0 saturated carbocycles. The van der Waals surface area contributed by atoms with Gasteiger partial charge in [-0.15, -0.1) is 5.10 Å². The Morgan fingerprint density at radius 2 is 1.91 bits per heavy atom. The fraction of sp³-hybridized carbons (Fsp3) is 0.125. The summed E-state index contributed by atoms with van der Waals surface area (Å²) >= 11 is 0. The Morgan fingerprint density at radius 1 is 1.06 bits per heavy atom. The highest BCUT2D eigenvalue weighted by atomic mass is 16.5. The van der Waals surface area contributed by atoms with Crippen molar-refractivity contribution in [3.05, 3.63) is 72.6 Å². The number of aromatic amines is 1. The minimum atomic E-state index is -0.402. The number of ether oxygens (including phenoxy) is 1. The lowest BCUT2D eigenvalue weighted by atomic mass is 9.97. The van der Waals surface area contributed by atoms with Crippen LogP contribution in [0.4, 0.5) is 5.69 Å². The number of esters is 1.